The molecule has 1 fully saturated rings. The van der Waals surface area contributed by atoms with Crippen LogP contribution in [0.25, 0.3) is 22.2 Å². The molecule has 0 saturated heterocycles. The van der Waals surface area contributed by atoms with Crippen molar-refractivity contribution < 1.29 is 13.2 Å². The average Bonchev–Trinajstić information content (AvgIpc) is 3.30. The van der Waals surface area contributed by atoms with Crippen LogP contribution in [0.2, 0.25) is 0 Å². The first kappa shape index (κ1) is 24.9. The molecule has 37 heavy (non-hydrogen) atoms. The summed E-state index contributed by atoms with van der Waals surface area (Å²) >= 11 is 0. The Bertz CT molecular complexity index is 1590. The van der Waals surface area contributed by atoms with Gasteiger partial charge in [-0.1, -0.05) is 12.1 Å². The fourth-order valence-electron chi connectivity index (χ4n) is 4.69. The Balaban J connectivity index is 1.42. The smallest absolute Gasteiger partial charge is 0.266 e. The van der Waals surface area contributed by atoms with E-state index < -0.39 is 10.0 Å². The number of hydrogen-bond acceptors (Lipinski definition) is 8. The van der Waals surface area contributed by atoms with Crippen molar-refractivity contribution in [1.82, 2.24) is 29.3 Å². The van der Waals surface area contributed by atoms with E-state index in [1.54, 1.807) is 43.6 Å². The molecule has 3 aromatic heterocycles. The molecule has 0 atom stereocenters. The molecule has 0 unspecified atom stereocenters. The second-order valence-electron chi connectivity index (χ2n) is 9.04. The highest BCUT2D eigenvalue weighted by Gasteiger charge is 2.27. The van der Waals surface area contributed by atoms with Crippen LogP contribution in [0, 0.1) is 0 Å². The van der Waals surface area contributed by atoms with Gasteiger partial charge in [-0.15, -0.1) is 5.10 Å². The number of benzene rings is 1. The molecule has 5 rings (SSSR count). The van der Waals surface area contributed by atoms with Crippen LogP contribution in [-0.2, 0) is 17.1 Å². The van der Waals surface area contributed by atoms with Crippen LogP contribution >= 0.6 is 0 Å². The molecule has 1 aliphatic rings. The van der Waals surface area contributed by atoms with Gasteiger partial charge >= 0.3 is 0 Å². The maximum Gasteiger partial charge on any atom is 0.266 e. The summed E-state index contributed by atoms with van der Waals surface area (Å²) < 4.78 is 36.0. The quantitative estimate of drug-likeness (QED) is 0.378. The Morgan fingerprint density at radius 2 is 1.73 bits per heavy atom. The Morgan fingerprint density at radius 3 is 2.38 bits per heavy atom. The minimum absolute atomic E-state index is 0.0127. The Labute approximate surface area is 214 Å². The summed E-state index contributed by atoms with van der Waals surface area (Å²) in [5.41, 5.74) is 2.36. The lowest BCUT2D eigenvalue weighted by Gasteiger charge is -2.29. The van der Waals surface area contributed by atoms with Gasteiger partial charge in [-0.25, -0.2) is 22.8 Å². The van der Waals surface area contributed by atoms with Crippen LogP contribution in [0.3, 0.4) is 0 Å². The molecule has 1 aliphatic carbocycles. The first-order chi connectivity index (χ1) is 17.8. The van der Waals surface area contributed by atoms with E-state index >= 15 is 0 Å². The number of hydrogen-bond donors (Lipinski definition) is 2. The van der Waals surface area contributed by atoms with Gasteiger partial charge in [-0.05, 0) is 44.9 Å². The standard InChI is InChI=1S/C25H29N7O4S/c1-26-22-14-21-20(15-28-22)25(16-4-10-19(11-5-16)37(34,35)27-2)30-32(21)17-6-8-18(9-7-17)36-23-12-13-24(33)31(3)29-23/h4-5,10-15,17-18,27H,6-9H2,1-3H3,(H,26,28)/t17-,18+. The first-order valence-corrected chi connectivity index (χ1v) is 13.6. The van der Waals surface area contributed by atoms with E-state index in [1.807, 2.05) is 13.1 Å². The number of aromatic nitrogens is 5. The fourth-order valence-corrected chi connectivity index (χ4v) is 5.42. The highest BCUT2D eigenvalue weighted by atomic mass is 32.2. The van der Waals surface area contributed by atoms with Crippen molar-refractivity contribution in [2.45, 2.75) is 42.7 Å². The lowest BCUT2D eigenvalue weighted by atomic mass is 9.93. The number of pyridine rings is 1. The lowest BCUT2D eigenvalue weighted by Crippen LogP contribution is -2.27. The number of nitrogens with zero attached hydrogens (tertiary/aromatic N) is 5. The topological polar surface area (TPSA) is 133 Å². The van der Waals surface area contributed by atoms with E-state index in [1.165, 1.54) is 17.8 Å². The van der Waals surface area contributed by atoms with Crippen molar-refractivity contribution in [2.24, 2.45) is 7.05 Å². The Hall–Kier alpha value is -3.77. The molecule has 0 amide bonds. The molecule has 1 saturated carbocycles. The molecule has 1 aromatic carbocycles. The number of aryl methyl sites for hydroxylation is 1. The Morgan fingerprint density at radius 1 is 1.00 bits per heavy atom. The minimum atomic E-state index is -3.52. The molecule has 2 N–H and O–H groups in total. The fraction of sp³-hybridized carbons (Fsp3) is 0.360. The summed E-state index contributed by atoms with van der Waals surface area (Å²) in [6.45, 7) is 0. The van der Waals surface area contributed by atoms with Gasteiger partial charge in [0.25, 0.3) is 5.56 Å². The molecule has 0 radical (unpaired) electrons. The predicted octanol–water partition coefficient (Wildman–Crippen LogP) is 2.70. The zero-order chi connectivity index (χ0) is 26.2. The highest BCUT2D eigenvalue weighted by Crippen LogP contribution is 2.36. The van der Waals surface area contributed by atoms with Crippen molar-refractivity contribution in [2.75, 3.05) is 19.4 Å². The predicted molar refractivity (Wildman–Crippen MR) is 140 cm³/mol. The van der Waals surface area contributed by atoms with Crippen molar-refractivity contribution in [3.63, 3.8) is 0 Å². The summed E-state index contributed by atoms with van der Waals surface area (Å²) in [5, 5.41) is 13.2. The molecule has 194 valence electrons. The van der Waals surface area contributed by atoms with E-state index in [0.29, 0.717) is 5.88 Å². The number of nitrogens with one attached hydrogen (secondary N) is 2. The third-order valence-corrected chi connectivity index (χ3v) is 8.20. The average molecular weight is 524 g/mol. The van der Waals surface area contributed by atoms with Gasteiger partial charge in [0.1, 0.15) is 17.6 Å². The van der Waals surface area contributed by atoms with Gasteiger partial charge in [0, 0.05) is 49.4 Å². The molecule has 11 nitrogen and oxygen atoms in total. The third-order valence-electron chi connectivity index (χ3n) is 6.77. The van der Waals surface area contributed by atoms with Gasteiger partial charge in [-0.3, -0.25) is 9.48 Å². The van der Waals surface area contributed by atoms with Gasteiger partial charge in [0.15, 0.2) is 0 Å². The van der Waals surface area contributed by atoms with Gasteiger partial charge in [-0.2, -0.15) is 5.10 Å². The maximum atomic E-state index is 12.1. The van der Waals surface area contributed by atoms with Crippen LogP contribution in [-0.4, -0.2) is 53.2 Å². The lowest BCUT2D eigenvalue weighted by molar-refractivity contribution is 0.123. The zero-order valence-electron chi connectivity index (χ0n) is 20.9. The van der Waals surface area contributed by atoms with Gasteiger partial charge in [0.05, 0.1) is 16.5 Å². The summed E-state index contributed by atoms with van der Waals surface area (Å²) in [6.07, 6.45) is 5.20. The highest BCUT2D eigenvalue weighted by molar-refractivity contribution is 7.89. The number of rotatable bonds is 7. The van der Waals surface area contributed by atoms with Crippen LogP contribution in [0.15, 0.2) is 58.4 Å². The normalized spacial score (nSPS) is 18.1. The van der Waals surface area contributed by atoms with Gasteiger partial charge in [0.2, 0.25) is 15.9 Å². The molecular weight excluding hydrogens is 494 g/mol. The second-order valence-corrected chi connectivity index (χ2v) is 10.9. The number of fused-ring (bicyclic) bond motifs is 1. The molecule has 0 aliphatic heterocycles. The monoisotopic (exact) mass is 523 g/mol. The van der Waals surface area contributed by atoms with Crippen LogP contribution in [0.1, 0.15) is 31.7 Å². The van der Waals surface area contributed by atoms with Crippen LogP contribution in [0.4, 0.5) is 5.82 Å². The Kier molecular flexibility index (Phi) is 6.69. The molecule has 0 spiro atoms. The van der Waals surface area contributed by atoms with Gasteiger partial charge < -0.3 is 10.1 Å². The van der Waals surface area contributed by atoms with Crippen molar-refractivity contribution >= 4 is 26.7 Å². The van der Waals surface area contributed by atoms with E-state index in [4.69, 9.17) is 9.84 Å². The number of ether oxygens (including phenoxy) is 1. The molecule has 12 heteroatoms. The van der Waals surface area contributed by atoms with E-state index in [0.717, 1.165) is 53.7 Å². The second kappa shape index (κ2) is 9.94. The first-order valence-electron chi connectivity index (χ1n) is 12.1. The van der Waals surface area contributed by atoms with Crippen molar-refractivity contribution in [3.05, 3.63) is 59.0 Å². The molecule has 4 aromatic rings. The summed E-state index contributed by atoms with van der Waals surface area (Å²) in [5.74, 6) is 1.19. The maximum absolute atomic E-state index is 12.1. The third kappa shape index (κ3) is 4.94. The molecule has 0 bridgehead atoms. The summed E-state index contributed by atoms with van der Waals surface area (Å²) in [7, 11) is 1.30. The van der Waals surface area contributed by atoms with E-state index in [9.17, 15) is 13.2 Å². The van der Waals surface area contributed by atoms with E-state index in [2.05, 4.69) is 24.8 Å². The summed E-state index contributed by atoms with van der Waals surface area (Å²) in [4.78, 5) is 16.3. The minimum Gasteiger partial charge on any atom is -0.473 e. The zero-order valence-corrected chi connectivity index (χ0v) is 21.7. The van der Waals surface area contributed by atoms with Crippen LogP contribution < -0.4 is 20.3 Å². The number of anilines is 1. The largest absolute Gasteiger partial charge is 0.473 e. The molecular formula is C25H29N7O4S. The SMILES string of the molecule is CNc1cc2c(cn1)c(-c1ccc(S(=O)(=O)NC)cc1)nn2[C@H]1CC[C@@H](Oc2ccc(=O)n(C)n2)CC1. The van der Waals surface area contributed by atoms with E-state index in [-0.39, 0.29) is 22.6 Å². The summed E-state index contributed by atoms with van der Waals surface area (Å²) in [6, 6.07) is 11.9. The molecule has 3 heterocycles. The number of sulfonamides is 1. The van der Waals surface area contributed by atoms with Crippen molar-refractivity contribution in [1.29, 1.82) is 0 Å². The van der Waals surface area contributed by atoms with Crippen molar-refractivity contribution in [3.8, 4) is 17.1 Å². The van der Waals surface area contributed by atoms with Crippen LogP contribution in [0.5, 0.6) is 5.88 Å².